The van der Waals surface area contributed by atoms with Gasteiger partial charge in [0.05, 0.1) is 11.9 Å². The molecule has 0 bridgehead atoms. The van der Waals surface area contributed by atoms with Gasteiger partial charge in [-0.05, 0) is 11.1 Å². The number of carbonyl (C=O) groups excluding carboxylic acids is 4. The van der Waals surface area contributed by atoms with E-state index in [1.54, 1.807) is 0 Å². The molecule has 0 aromatic heterocycles. The van der Waals surface area contributed by atoms with Crippen molar-refractivity contribution in [1.82, 2.24) is 0 Å². The van der Waals surface area contributed by atoms with Crippen LogP contribution in [0, 0.1) is 0 Å². The molecule has 0 spiro atoms. The summed E-state index contributed by atoms with van der Waals surface area (Å²) < 4.78 is 0. The quantitative estimate of drug-likeness (QED) is 0.220. The molecule has 0 atom stereocenters. The van der Waals surface area contributed by atoms with E-state index in [0.717, 1.165) is 0 Å². The fourth-order valence-corrected chi connectivity index (χ4v) is 1.40. The van der Waals surface area contributed by atoms with E-state index in [4.69, 9.17) is 0 Å². The van der Waals surface area contributed by atoms with E-state index in [-0.39, 0.29) is 71.4 Å². The number of aldehydes is 2. The minimum absolute atomic E-state index is 0. The van der Waals surface area contributed by atoms with Gasteiger partial charge in [0.2, 0.25) is 0 Å². The Kier molecular flexibility index (Phi) is 53.0. The molecule has 184 valence electrons. The van der Waals surface area contributed by atoms with E-state index < -0.39 is 11.9 Å². The van der Waals surface area contributed by atoms with Crippen molar-refractivity contribution in [2.24, 2.45) is 0 Å². The summed E-state index contributed by atoms with van der Waals surface area (Å²) in [5.41, 5.74) is 1.07. The average molecular weight is 505 g/mol. The molecule has 2 aromatic rings. The van der Waals surface area contributed by atoms with Crippen LogP contribution in [0.3, 0.4) is 0 Å². The molecule has 0 amide bonds. The van der Waals surface area contributed by atoms with Crippen molar-refractivity contribution in [3.63, 3.8) is 0 Å². The molecule has 0 fully saturated rings. The van der Waals surface area contributed by atoms with Crippen LogP contribution in [0.5, 0.6) is 0 Å². The summed E-state index contributed by atoms with van der Waals surface area (Å²) in [6.45, 7) is 0. The van der Waals surface area contributed by atoms with Gasteiger partial charge in [-0.2, -0.15) is 0 Å². The molecule has 15 heteroatoms. The normalized spacial score (nSPS) is 6.45. The second-order valence-corrected chi connectivity index (χ2v) is 4.05. The topological polar surface area (TPSA) is 372 Å². The van der Waals surface area contributed by atoms with Gasteiger partial charge >= 0.3 is 16.5 Å². The molecule has 0 saturated carbocycles. The third kappa shape index (κ3) is 20.0. The van der Waals surface area contributed by atoms with Crippen LogP contribution < -0.4 is 10.2 Å². The predicted molar refractivity (Wildman–Crippen MR) is 106 cm³/mol. The number of carboxylic acid groups (broad SMARTS) is 2. The number of carboxylic acids is 2. The Morgan fingerprint density at radius 2 is 0.742 bits per heavy atom. The second kappa shape index (κ2) is 29.1. The summed E-state index contributed by atoms with van der Waals surface area (Å²) in [5.74, 6) is -2.47. The SMILES string of the molecule is O.O.O.O.O=Cc1ccc(C(=O)[O-])cc1.O=Cc1ccc(C(=O)[O-])cc1.[Ni+2].[OH3+].[OH3+].[OH3+].[OH3+]. The Bertz CT molecular complexity index is 627. The minimum atomic E-state index is -1.23. The maximum Gasteiger partial charge on any atom is 2.00 e. The maximum absolute atomic E-state index is 10.2. The number of carbonyl (C=O) groups is 4. The fraction of sp³-hybridized carbons (Fsp3) is 0. The molecule has 0 unspecified atom stereocenters. The summed E-state index contributed by atoms with van der Waals surface area (Å²) in [5, 5.41) is 20.4. The van der Waals surface area contributed by atoms with Gasteiger partial charge in [-0.15, -0.1) is 0 Å². The van der Waals surface area contributed by atoms with Crippen LogP contribution >= 0.6 is 0 Å². The van der Waals surface area contributed by atoms with Gasteiger partial charge in [-0.25, -0.2) is 0 Å². The van der Waals surface area contributed by atoms with Gasteiger partial charge < -0.3 is 63.6 Å². The number of aromatic carboxylic acids is 2. The first-order valence-corrected chi connectivity index (χ1v) is 6.01. The van der Waals surface area contributed by atoms with Crippen LogP contribution in [0.15, 0.2) is 48.5 Å². The molecule has 14 nitrogen and oxygen atoms in total. The van der Waals surface area contributed by atoms with Gasteiger partial charge in [0, 0.05) is 11.1 Å². The first-order valence-electron chi connectivity index (χ1n) is 6.01. The Balaban J connectivity index is -0.0000000346. The zero-order chi connectivity index (χ0) is 16.5. The molecule has 0 aliphatic rings. The summed E-state index contributed by atoms with van der Waals surface area (Å²) in [6, 6.07) is 11.0. The third-order valence-corrected chi connectivity index (χ3v) is 2.56. The third-order valence-electron chi connectivity index (χ3n) is 2.56. The van der Waals surface area contributed by atoms with Crippen LogP contribution in [0.2, 0.25) is 0 Å². The number of rotatable bonds is 4. The molecule has 0 radical (unpaired) electrons. The van der Waals surface area contributed by atoms with Crippen molar-refractivity contribution in [3.8, 4) is 0 Å². The predicted octanol–water partition coefficient (Wildman–Crippen LogP) is -7.26. The van der Waals surface area contributed by atoms with Crippen molar-refractivity contribution in [2.75, 3.05) is 0 Å². The van der Waals surface area contributed by atoms with Crippen LogP contribution in [0.4, 0.5) is 0 Å². The van der Waals surface area contributed by atoms with E-state index in [9.17, 15) is 29.4 Å². The largest absolute Gasteiger partial charge is 2.00 e. The van der Waals surface area contributed by atoms with E-state index in [0.29, 0.717) is 23.7 Å². The van der Waals surface area contributed by atoms with Gasteiger partial charge in [0.1, 0.15) is 12.6 Å². The van der Waals surface area contributed by atoms with E-state index >= 15 is 0 Å². The molecule has 20 N–H and O–H groups in total. The Morgan fingerprint density at radius 1 is 0.548 bits per heavy atom. The maximum atomic E-state index is 10.2. The van der Waals surface area contributed by atoms with Crippen molar-refractivity contribution < 1.29 is 89.7 Å². The summed E-state index contributed by atoms with van der Waals surface area (Å²) in [4.78, 5) is 40.7. The van der Waals surface area contributed by atoms with E-state index in [1.165, 1.54) is 48.5 Å². The molecular formula is C16H30NiO14+4. The van der Waals surface area contributed by atoms with E-state index in [1.807, 2.05) is 0 Å². The minimum Gasteiger partial charge on any atom is -0.545 e. The van der Waals surface area contributed by atoms with Crippen molar-refractivity contribution in [3.05, 3.63) is 70.8 Å². The van der Waals surface area contributed by atoms with Gasteiger partial charge in [0.15, 0.2) is 0 Å². The van der Waals surface area contributed by atoms with Gasteiger partial charge in [0.25, 0.3) is 0 Å². The molecule has 31 heavy (non-hydrogen) atoms. The zero-order valence-corrected chi connectivity index (χ0v) is 16.8. The summed E-state index contributed by atoms with van der Waals surface area (Å²) in [7, 11) is 0. The van der Waals surface area contributed by atoms with Crippen molar-refractivity contribution in [2.45, 2.75) is 0 Å². The fourth-order valence-electron chi connectivity index (χ4n) is 1.40. The molecule has 0 aliphatic carbocycles. The number of hydrogen-bond acceptors (Lipinski definition) is 6. The van der Waals surface area contributed by atoms with Crippen LogP contribution in [0.1, 0.15) is 41.4 Å². The Morgan fingerprint density at radius 3 is 0.871 bits per heavy atom. The molecule has 0 saturated heterocycles. The molecular weight excluding hydrogens is 475 g/mol. The molecule has 0 heterocycles. The van der Waals surface area contributed by atoms with Gasteiger partial charge in [-0.1, -0.05) is 48.5 Å². The van der Waals surface area contributed by atoms with Crippen molar-refractivity contribution in [1.29, 1.82) is 0 Å². The first kappa shape index (κ1) is 56.5. The Labute approximate surface area is 185 Å². The summed E-state index contributed by atoms with van der Waals surface area (Å²) >= 11 is 0. The Hall–Kier alpha value is -3.11. The molecule has 2 aromatic carbocycles. The zero-order valence-electron chi connectivity index (χ0n) is 15.8. The van der Waals surface area contributed by atoms with E-state index in [2.05, 4.69) is 0 Å². The number of hydrogen-bond donors (Lipinski definition) is 0. The van der Waals surface area contributed by atoms with Crippen LogP contribution in [-0.4, -0.2) is 46.4 Å². The smallest absolute Gasteiger partial charge is 0.545 e. The number of benzene rings is 2. The first-order chi connectivity index (χ1) is 10.5. The monoisotopic (exact) mass is 504 g/mol. The second-order valence-electron chi connectivity index (χ2n) is 4.05. The van der Waals surface area contributed by atoms with Crippen LogP contribution in [-0.2, 0) is 38.4 Å². The summed E-state index contributed by atoms with van der Waals surface area (Å²) in [6.07, 6.45) is 1.30. The molecule has 2 rings (SSSR count). The van der Waals surface area contributed by atoms with Crippen LogP contribution in [0.25, 0.3) is 0 Å². The molecule has 0 aliphatic heterocycles. The van der Waals surface area contributed by atoms with Crippen molar-refractivity contribution >= 4 is 24.5 Å². The average Bonchev–Trinajstić information content (AvgIpc) is 2.55. The van der Waals surface area contributed by atoms with Gasteiger partial charge in [-0.3, -0.25) is 9.59 Å². The standard InChI is InChI=1S/2C8H6O3.Ni.8H2O/c2*9-5-6-1-3-7(4-2-6)8(10)11;;;;;;;;;/h2*1-5H,(H,10,11);;8*1H2/q;;+2;;;;;;;;/p+2.